The first kappa shape index (κ1) is 17.2. The van der Waals surface area contributed by atoms with Crippen molar-refractivity contribution in [1.29, 1.82) is 0 Å². The Kier molecular flexibility index (Phi) is 9.76. The highest BCUT2D eigenvalue weighted by atomic mass is 35.5. The van der Waals surface area contributed by atoms with Crippen LogP contribution < -0.4 is 21.9 Å². The summed E-state index contributed by atoms with van der Waals surface area (Å²) in [6.45, 7) is 9.98. The maximum absolute atomic E-state index is 2.38. The van der Waals surface area contributed by atoms with Gasteiger partial charge in [0.05, 0.1) is 0 Å². The molecule has 0 fully saturated rings. The van der Waals surface area contributed by atoms with Crippen molar-refractivity contribution in [1.82, 2.24) is 0 Å². The Labute approximate surface area is 118 Å². The third kappa shape index (κ3) is 5.72. The monoisotopic (exact) mass is 270 g/mol. The molecular weight excluding hydrogens is 244 g/mol. The lowest BCUT2D eigenvalue weighted by molar-refractivity contribution is -0.697. The molecule has 2 nitrogen and oxygen atoms in total. The van der Waals surface area contributed by atoms with E-state index in [1.807, 2.05) is 0 Å². The second kappa shape index (κ2) is 10.2. The van der Waals surface area contributed by atoms with Crippen molar-refractivity contribution >= 4 is 5.69 Å². The van der Waals surface area contributed by atoms with Crippen LogP contribution in [-0.2, 0) is 6.54 Å². The van der Waals surface area contributed by atoms with Crippen LogP contribution >= 0.6 is 0 Å². The van der Waals surface area contributed by atoms with Gasteiger partial charge in [0, 0.05) is 37.3 Å². The molecule has 0 aromatic carbocycles. The van der Waals surface area contributed by atoms with Gasteiger partial charge in [-0.05, 0) is 20.3 Å². The summed E-state index contributed by atoms with van der Waals surface area (Å²) in [4.78, 5) is 2.38. The third-order valence-corrected chi connectivity index (χ3v) is 3.27. The van der Waals surface area contributed by atoms with Gasteiger partial charge in [-0.3, -0.25) is 0 Å². The number of rotatable bonds is 8. The molecule has 104 valence electrons. The molecule has 0 aliphatic heterocycles. The highest BCUT2D eigenvalue weighted by molar-refractivity contribution is 5.43. The van der Waals surface area contributed by atoms with E-state index >= 15 is 0 Å². The molecule has 1 aromatic rings. The quantitative estimate of drug-likeness (QED) is 0.490. The van der Waals surface area contributed by atoms with Gasteiger partial charge in [-0.25, -0.2) is 4.57 Å². The third-order valence-electron chi connectivity index (χ3n) is 3.27. The van der Waals surface area contributed by atoms with Crippen molar-refractivity contribution in [3.63, 3.8) is 0 Å². The van der Waals surface area contributed by atoms with E-state index in [4.69, 9.17) is 0 Å². The molecule has 18 heavy (non-hydrogen) atoms. The highest BCUT2D eigenvalue weighted by Gasteiger charge is 2.04. The van der Waals surface area contributed by atoms with Crippen LogP contribution in [0.25, 0.3) is 0 Å². The lowest BCUT2D eigenvalue weighted by atomic mass is 10.2. The Morgan fingerprint density at radius 3 is 2.06 bits per heavy atom. The van der Waals surface area contributed by atoms with Crippen LogP contribution in [0.1, 0.15) is 46.5 Å². The number of pyridine rings is 1. The lowest BCUT2D eigenvalue weighted by Crippen LogP contribution is -3.00. The largest absolute Gasteiger partial charge is 1.00 e. The molecule has 0 aliphatic rings. The molecule has 0 saturated carbocycles. The molecule has 0 aliphatic carbocycles. The molecule has 0 spiro atoms. The number of aromatic nitrogens is 1. The van der Waals surface area contributed by atoms with Crippen LogP contribution in [0.3, 0.4) is 0 Å². The predicted octanol–water partition coefficient (Wildman–Crippen LogP) is 0.405. The number of anilines is 1. The predicted molar refractivity (Wildman–Crippen MR) is 74.3 cm³/mol. The van der Waals surface area contributed by atoms with E-state index in [0.29, 0.717) is 0 Å². The summed E-state index contributed by atoms with van der Waals surface area (Å²) in [5.41, 5.74) is 1.33. The minimum absolute atomic E-state index is 0. The number of nitrogens with zero attached hydrogens (tertiary/aromatic N) is 2. The van der Waals surface area contributed by atoms with Gasteiger partial charge >= 0.3 is 0 Å². The van der Waals surface area contributed by atoms with Gasteiger partial charge in [-0.2, -0.15) is 0 Å². The average molecular weight is 271 g/mol. The van der Waals surface area contributed by atoms with Crippen molar-refractivity contribution in [2.24, 2.45) is 0 Å². The van der Waals surface area contributed by atoms with Crippen molar-refractivity contribution in [2.75, 3.05) is 18.0 Å². The molecule has 0 saturated heterocycles. The van der Waals surface area contributed by atoms with Gasteiger partial charge in [-0.15, -0.1) is 0 Å². The molecule has 0 amide bonds. The summed E-state index contributed by atoms with van der Waals surface area (Å²) in [5, 5.41) is 0. The second-order valence-electron chi connectivity index (χ2n) is 4.53. The van der Waals surface area contributed by atoms with E-state index in [0.717, 1.165) is 19.6 Å². The van der Waals surface area contributed by atoms with Crippen LogP contribution in [0.4, 0.5) is 5.69 Å². The maximum Gasteiger partial charge on any atom is 0.170 e. The van der Waals surface area contributed by atoms with Gasteiger partial charge in [0.15, 0.2) is 12.4 Å². The molecular formula is C15H27ClN2. The summed E-state index contributed by atoms with van der Waals surface area (Å²) in [5.74, 6) is 0. The van der Waals surface area contributed by atoms with Gasteiger partial charge < -0.3 is 17.3 Å². The second-order valence-corrected chi connectivity index (χ2v) is 4.53. The first-order valence-corrected chi connectivity index (χ1v) is 7.05. The summed E-state index contributed by atoms with van der Waals surface area (Å²) in [6.07, 6.45) is 9.73. The molecule has 3 heteroatoms. The molecule has 0 N–H and O–H groups in total. The summed E-state index contributed by atoms with van der Waals surface area (Å²) < 4.78 is 2.29. The Morgan fingerprint density at radius 1 is 0.944 bits per heavy atom. The standard InChI is InChI=1S/C15H27N2.ClH/c1-4-7-8-9-12-16-13-10-15(11-14-16)17(5-2)6-3;/h10-11,13-14H,4-9,12H2,1-3H3;1H/q+1;/p-1. The maximum atomic E-state index is 2.38. The van der Waals surface area contributed by atoms with Crippen LogP contribution in [0.15, 0.2) is 24.5 Å². The van der Waals surface area contributed by atoms with Crippen LogP contribution in [0.5, 0.6) is 0 Å². The fourth-order valence-electron chi connectivity index (χ4n) is 2.12. The van der Waals surface area contributed by atoms with Gasteiger partial charge in [0.1, 0.15) is 6.54 Å². The normalized spacial score (nSPS) is 9.94. The molecule has 0 unspecified atom stereocenters. The Hall–Kier alpha value is -0.760. The summed E-state index contributed by atoms with van der Waals surface area (Å²) >= 11 is 0. The molecule has 0 bridgehead atoms. The first-order valence-electron chi connectivity index (χ1n) is 7.05. The minimum atomic E-state index is 0. The molecule has 0 radical (unpaired) electrons. The smallest absolute Gasteiger partial charge is 0.170 e. The summed E-state index contributed by atoms with van der Waals surface area (Å²) in [6, 6.07) is 4.46. The van der Waals surface area contributed by atoms with E-state index in [2.05, 4.69) is 54.8 Å². The minimum Gasteiger partial charge on any atom is -1.00 e. The first-order chi connectivity index (χ1) is 8.31. The van der Waals surface area contributed by atoms with E-state index in [9.17, 15) is 0 Å². The van der Waals surface area contributed by atoms with E-state index in [1.54, 1.807) is 0 Å². The zero-order chi connectivity index (χ0) is 12.5. The Morgan fingerprint density at radius 2 is 1.56 bits per heavy atom. The van der Waals surface area contributed by atoms with Crippen molar-refractivity contribution in [3.8, 4) is 0 Å². The van der Waals surface area contributed by atoms with Crippen LogP contribution in [0.2, 0.25) is 0 Å². The number of hydrogen-bond donors (Lipinski definition) is 0. The van der Waals surface area contributed by atoms with Crippen molar-refractivity contribution in [3.05, 3.63) is 24.5 Å². The molecule has 1 aromatic heterocycles. The lowest BCUT2D eigenvalue weighted by Gasteiger charge is -2.19. The van der Waals surface area contributed by atoms with E-state index < -0.39 is 0 Å². The fraction of sp³-hybridized carbons (Fsp3) is 0.667. The van der Waals surface area contributed by atoms with Crippen LogP contribution in [-0.4, -0.2) is 13.1 Å². The van der Waals surface area contributed by atoms with Gasteiger partial charge in [0.25, 0.3) is 0 Å². The molecule has 1 rings (SSSR count). The molecule has 1 heterocycles. The fourth-order valence-corrected chi connectivity index (χ4v) is 2.12. The van der Waals surface area contributed by atoms with Crippen molar-refractivity contribution < 1.29 is 17.0 Å². The number of halogens is 1. The SMILES string of the molecule is CCCCCC[n+]1ccc(N(CC)CC)cc1.[Cl-]. The van der Waals surface area contributed by atoms with Crippen LogP contribution in [0, 0.1) is 0 Å². The topological polar surface area (TPSA) is 7.12 Å². The average Bonchev–Trinajstić information content (AvgIpc) is 2.38. The van der Waals surface area contributed by atoms with E-state index in [1.165, 1.54) is 31.4 Å². The Bertz CT molecular complexity index is 294. The van der Waals surface area contributed by atoms with Crippen molar-refractivity contribution in [2.45, 2.75) is 53.0 Å². The number of aryl methyl sites for hydroxylation is 1. The highest BCUT2D eigenvalue weighted by Crippen LogP contribution is 2.10. The Balaban J connectivity index is 0.00000289. The summed E-state index contributed by atoms with van der Waals surface area (Å²) in [7, 11) is 0. The van der Waals surface area contributed by atoms with Gasteiger partial charge in [0.2, 0.25) is 0 Å². The zero-order valence-electron chi connectivity index (χ0n) is 12.0. The van der Waals surface area contributed by atoms with Gasteiger partial charge in [-0.1, -0.05) is 19.8 Å². The number of unbranched alkanes of at least 4 members (excludes halogenated alkanes) is 3. The molecule has 0 atom stereocenters. The number of hydrogen-bond acceptors (Lipinski definition) is 1. The zero-order valence-corrected chi connectivity index (χ0v) is 12.8. The van der Waals surface area contributed by atoms with E-state index in [-0.39, 0.29) is 12.4 Å².